The number of hydrogen-bond donors (Lipinski definition) is 0. The largest absolute Gasteiger partial charge is 0.416 e. The molecule has 2 aromatic heterocycles. The van der Waals surface area contributed by atoms with E-state index in [0.29, 0.717) is 68.4 Å². The Kier molecular flexibility index (Phi) is 14.4. The van der Waals surface area contributed by atoms with Crippen molar-refractivity contribution in [2.75, 3.05) is 52.1 Å². The number of likely N-dealkylation sites (N-methyl/N-ethyl adjacent to an activating group) is 2. The lowest BCUT2D eigenvalue weighted by atomic mass is 10.0. The van der Waals surface area contributed by atoms with Crippen molar-refractivity contribution in [3.05, 3.63) is 234 Å². The maximum absolute atomic E-state index is 15.0. The van der Waals surface area contributed by atoms with Crippen LogP contribution < -0.4 is 11.1 Å². The van der Waals surface area contributed by atoms with Gasteiger partial charge in [0, 0.05) is 90.9 Å². The van der Waals surface area contributed by atoms with E-state index in [4.69, 9.17) is 37.0 Å². The predicted octanol–water partition coefficient (Wildman–Crippen LogP) is 14.7. The highest BCUT2D eigenvalue weighted by molar-refractivity contribution is 7.98. The van der Waals surface area contributed by atoms with Crippen molar-refractivity contribution in [2.24, 2.45) is 5.89 Å². The zero-order chi connectivity index (χ0) is 93.7. The number of hydrogen-bond acceptors (Lipinski definition) is 10. The zero-order valence-corrected chi connectivity index (χ0v) is 52.9. The molecule has 12 nitrogen and oxygen atoms in total. The Hall–Kier alpha value is -7.92. The summed E-state index contributed by atoms with van der Waals surface area (Å²) in [6.45, 7) is -18.5. The van der Waals surface area contributed by atoms with Gasteiger partial charge in [0.05, 0.1) is 33.1 Å². The second kappa shape index (κ2) is 32.7. The maximum atomic E-state index is 15.0. The standard InChI is InChI=1S/C37H40F4N4O2S.C36H38F4N4O2S/c1-4-43(5-2)18-19-44(22-26-6-10-28(11-7-26)29-12-14-30(15-13-29)37(39,40)41)34(46)23-45-33-21-25(3)20-32(33)35(47)42-36(45)48-24-27-8-16-31(38)17-9-27;1-3-42(4-2)20-21-43(22-25-8-12-27(13-9-25)28-14-16-29(17-15-28)36(38,39)40)33(45)23-44-32-7-5-6-31(32)34(46)41-35(44)47-24-26-10-18-30(37)19-11-26/h6-17,25H,4-5,18-24H2,1-3H3;8-19H,3-7,20-24H2,1-2H3/i6D,7D,8D,9D,10D,11D,12D,13D,14D,15D,16D,17D,18D2,19D2,20D2,21D2,25D;3D2,4D2,20D2,21D2. The molecule has 502 valence electrons. The van der Waals surface area contributed by atoms with Crippen LogP contribution in [-0.2, 0) is 85.2 Å². The summed E-state index contributed by atoms with van der Waals surface area (Å²) in [4.78, 5) is 65.9. The molecule has 0 fully saturated rings. The van der Waals surface area contributed by atoms with E-state index in [1.54, 1.807) is 12.1 Å². The first kappa shape index (κ1) is 41.9. The molecule has 2 heterocycles. The Balaban J connectivity index is 0.000000288. The topological polar surface area (TPSA) is 117 Å². The molecule has 95 heavy (non-hydrogen) atoms. The molecule has 1 atom stereocenters. The summed E-state index contributed by atoms with van der Waals surface area (Å²) in [5.74, 6) is -7.97. The SMILES string of the molecule is [2H]C([2H])(C)N(C([2H])([2H])C)C([2H])([2H])C([2H])([2H])N(Cc1ccc(-c2ccc(C(F)(F)F)cc2)cc1)C(=O)Cn1c(SCc2ccc(F)cc2)nc(=O)c2c1CCC2.[2H]c1c([2H])c(CSc2nc(=O)c3c(n2CC(=O)N(Cc2c([2H])c([2H])c(-c4c([2H])c([2H])c(C(F)(F)F)c([2H])c4[2H])c([2H])c2[2H])C([2H])([2H])C([2H])([2H])N(CC)CC)C([2H])([2H])C([2H])(C)C3([2H])[2H])c([2H])c([2H])c1F. The number of carbonyl (C=O) groups excluding carboxylic acids is 2. The van der Waals surface area contributed by atoms with Crippen LogP contribution in [0.5, 0.6) is 0 Å². The van der Waals surface area contributed by atoms with Crippen molar-refractivity contribution < 1.29 is 84.5 Å². The number of amides is 2. The minimum absolute atomic E-state index is 0.0730. The molecule has 0 N–H and O–H groups in total. The van der Waals surface area contributed by atoms with E-state index in [1.165, 1.54) is 66.9 Å². The average Bonchev–Trinajstić information content (AvgIpc) is 1.52. The molecule has 0 saturated heterocycles. The molecule has 1 unspecified atom stereocenters. The molecule has 0 aliphatic heterocycles. The fraction of sp³-hybridized carbons (Fsp3) is 0.370. The van der Waals surface area contributed by atoms with Gasteiger partial charge >= 0.3 is 12.4 Å². The van der Waals surface area contributed by atoms with E-state index in [2.05, 4.69) is 9.97 Å². The van der Waals surface area contributed by atoms with Crippen LogP contribution in [0, 0.1) is 17.5 Å². The molecule has 2 aliphatic carbocycles. The van der Waals surface area contributed by atoms with Gasteiger partial charge in [-0.15, -0.1) is 0 Å². The smallest absolute Gasteiger partial charge is 0.336 e. The maximum Gasteiger partial charge on any atom is 0.416 e. The van der Waals surface area contributed by atoms with Crippen LogP contribution in [0.4, 0.5) is 35.1 Å². The molecule has 0 bridgehead atoms. The summed E-state index contributed by atoms with van der Waals surface area (Å²) in [6.07, 6.45) is -15.0. The zero-order valence-electron chi connectivity index (χ0n) is 80.3. The number of benzene rings is 6. The van der Waals surface area contributed by atoms with Crippen LogP contribution in [0.3, 0.4) is 0 Å². The van der Waals surface area contributed by atoms with Gasteiger partial charge in [-0.05, 0) is 157 Å². The molecule has 10 rings (SSSR count). The molecule has 2 aliphatic rings. The Morgan fingerprint density at radius 1 is 0.547 bits per heavy atom. The Labute approximate surface area is 598 Å². The first-order valence-corrected chi connectivity index (χ1v) is 31.0. The molecule has 22 heteroatoms. The Bertz CT molecular complexity index is 5500. The quantitative estimate of drug-likeness (QED) is 0.0295. The van der Waals surface area contributed by atoms with E-state index in [1.807, 2.05) is 0 Å². The number of aromatic nitrogens is 4. The van der Waals surface area contributed by atoms with E-state index in [9.17, 15) is 57.0 Å². The molecule has 2 amide bonds. The lowest BCUT2D eigenvalue weighted by Crippen LogP contribution is -2.40. The van der Waals surface area contributed by atoms with Crippen molar-refractivity contribution in [3.63, 3.8) is 0 Å². The number of rotatable bonds is 26. The first-order chi connectivity index (χ1) is 56.8. The van der Waals surface area contributed by atoms with Crippen LogP contribution >= 0.6 is 23.5 Å². The molecule has 0 saturated carbocycles. The lowest BCUT2D eigenvalue weighted by molar-refractivity contribution is -0.138. The van der Waals surface area contributed by atoms with E-state index in [-0.39, 0.29) is 39.4 Å². The average molecular weight is 1380 g/mol. The fourth-order valence-corrected chi connectivity index (χ4v) is 11.2. The van der Waals surface area contributed by atoms with Gasteiger partial charge in [-0.2, -0.15) is 36.3 Å². The number of nitrogens with zero attached hydrogens (tertiary/aromatic N) is 8. The van der Waals surface area contributed by atoms with Crippen molar-refractivity contribution in [1.29, 1.82) is 0 Å². The monoisotopic (exact) mass is 1380 g/mol. The van der Waals surface area contributed by atoms with Crippen LogP contribution in [0.2, 0.25) is 0 Å². The third-order valence-corrected chi connectivity index (χ3v) is 16.3. The van der Waals surface area contributed by atoms with Crippen molar-refractivity contribution >= 4 is 35.3 Å². The first-order valence-electron chi connectivity index (χ1n) is 43.5. The Morgan fingerprint density at radius 2 is 1.02 bits per heavy atom. The highest BCUT2D eigenvalue weighted by Gasteiger charge is 2.33. The van der Waals surface area contributed by atoms with E-state index in [0.717, 1.165) is 49.6 Å². The number of halogens is 8. The highest BCUT2D eigenvalue weighted by Crippen LogP contribution is 2.35. The third kappa shape index (κ3) is 19.2. The summed E-state index contributed by atoms with van der Waals surface area (Å²) < 4.78 is 361. The van der Waals surface area contributed by atoms with Gasteiger partial charge in [0.15, 0.2) is 10.3 Å². The number of alkyl halides is 6. The van der Waals surface area contributed by atoms with Gasteiger partial charge < -0.3 is 28.7 Å². The summed E-state index contributed by atoms with van der Waals surface area (Å²) >= 11 is 1.42. The highest BCUT2D eigenvalue weighted by atomic mass is 32.2. The van der Waals surface area contributed by atoms with Gasteiger partial charge in [-0.3, -0.25) is 19.2 Å². The summed E-state index contributed by atoms with van der Waals surface area (Å²) in [5.41, 5.74) is -7.61. The normalized spacial score (nSPS) is 20.8. The number of carbonyl (C=O) groups is 2. The molecular weight excluding hydrogens is 1270 g/mol. The minimum atomic E-state index is -5.40. The lowest BCUT2D eigenvalue weighted by Gasteiger charge is -2.28. The molecular formula is C73H78F8N8O4S2. The van der Waals surface area contributed by atoms with Gasteiger partial charge in [0.2, 0.25) is 11.8 Å². The molecule has 8 aromatic rings. The summed E-state index contributed by atoms with van der Waals surface area (Å²) in [5, 5.41) is -0.632. The van der Waals surface area contributed by atoms with Crippen LogP contribution in [0.15, 0.2) is 165 Å². The number of thioether (sulfide) groups is 2. The molecule has 6 aromatic carbocycles. The van der Waals surface area contributed by atoms with Crippen LogP contribution in [0.25, 0.3) is 22.3 Å². The summed E-state index contributed by atoms with van der Waals surface area (Å²) in [7, 11) is 0. The number of fused-ring (bicyclic) bond motifs is 2. The van der Waals surface area contributed by atoms with Gasteiger partial charge in [0.25, 0.3) is 11.1 Å². The third-order valence-electron chi connectivity index (χ3n) is 14.3. The molecule has 0 radical (unpaired) electrons. The van der Waals surface area contributed by atoms with E-state index < -0.39 is 259 Å². The minimum Gasteiger partial charge on any atom is -0.336 e. The van der Waals surface area contributed by atoms with Crippen molar-refractivity contribution in [3.8, 4) is 22.3 Å². The fourth-order valence-electron chi connectivity index (χ4n) is 9.34. The second-order valence-corrected chi connectivity index (χ2v) is 22.6. The van der Waals surface area contributed by atoms with E-state index >= 15 is 0 Å². The van der Waals surface area contributed by atoms with Crippen molar-refractivity contribution in [2.45, 2.75) is 127 Å². The van der Waals surface area contributed by atoms with Gasteiger partial charge in [0.1, 0.15) is 24.7 Å². The summed E-state index contributed by atoms with van der Waals surface area (Å²) in [6, 6.07) is 1.27. The van der Waals surface area contributed by atoms with Gasteiger partial charge in [-0.25, -0.2) is 8.78 Å². The predicted molar refractivity (Wildman–Crippen MR) is 358 cm³/mol. The second-order valence-electron chi connectivity index (χ2n) is 20.7. The van der Waals surface area contributed by atoms with Crippen molar-refractivity contribution in [1.82, 2.24) is 38.7 Å². The van der Waals surface area contributed by atoms with Crippen LogP contribution in [-0.4, -0.2) is 103 Å². The van der Waals surface area contributed by atoms with Gasteiger partial charge in [-0.1, -0.05) is 155 Å². The van der Waals surface area contributed by atoms with Crippen LogP contribution in [0.1, 0.15) is 137 Å². The molecule has 0 spiro atoms. The Morgan fingerprint density at radius 3 is 1.56 bits per heavy atom.